The van der Waals surface area contributed by atoms with Crippen LogP contribution in [0.5, 0.6) is 0 Å². The fraction of sp³-hybridized carbons (Fsp3) is 0.318. The van der Waals surface area contributed by atoms with E-state index >= 15 is 0 Å². The van der Waals surface area contributed by atoms with Crippen molar-refractivity contribution in [3.63, 3.8) is 0 Å². The molecular weight excluding hydrogens is 482 g/mol. The first-order chi connectivity index (χ1) is 15.2. The number of hydrogen-bond acceptors (Lipinski definition) is 5. The van der Waals surface area contributed by atoms with E-state index in [9.17, 15) is 18.8 Å². The summed E-state index contributed by atoms with van der Waals surface area (Å²) in [5.74, 6) is -2.59. The summed E-state index contributed by atoms with van der Waals surface area (Å²) in [4.78, 5) is 37.1. The fourth-order valence-corrected chi connectivity index (χ4v) is 3.77. The molecule has 1 unspecified atom stereocenters. The average molecular weight is 505 g/mol. The maximum atomic E-state index is 13.4. The third-order valence-electron chi connectivity index (χ3n) is 4.80. The van der Waals surface area contributed by atoms with Gasteiger partial charge in [0.1, 0.15) is 5.82 Å². The SMILES string of the molecule is CC(C)C[C@H](NC(=O)CNC(=O)c1cc(F)ccc1Br)B1OC(=O)C(c2ccccc2)O1. The molecule has 3 rings (SSSR count). The van der Waals surface area contributed by atoms with Gasteiger partial charge in [0.05, 0.1) is 18.0 Å². The minimum Gasteiger partial charge on any atom is -0.506 e. The topological polar surface area (TPSA) is 93.7 Å². The number of amides is 2. The lowest BCUT2D eigenvalue weighted by Crippen LogP contribution is -2.50. The van der Waals surface area contributed by atoms with E-state index in [4.69, 9.17) is 9.31 Å². The first-order valence-corrected chi connectivity index (χ1v) is 11.0. The van der Waals surface area contributed by atoms with Gasteiger partial charge in [-0.1, -0.05) is 44.2 Å². The van der Waals surface area contributed by atoms with E-state index in [1.165, 1.54) is 12.1 Å². The average Bonchev–Trinajstić information content (AvgIpc) is 3.15. The predicted molar refractivity (Wildman–Crippen MR) is 120 cm³/mol. The van der Waals surface area contributed by atoms with Crippen molar-refractivity contribution in [1.29, 1.82) is 0 Å². The molecule has 0 bridgehead atoms. The molecule has 1 saturated heterocycles. The summed E-state index contributed by atoms with van der Waals surface area (Å²) in [7, 11) is -0.952. The van der Waals surface area contributed by atoms with Gasteiger partial charge in [0, 0.05) is 4.47 Å². The molecule has 1 aliphatic rings. The van der Waals surface area contributed by atoms with Gasteiger partial charge in [-0.15, -0.1) is 0 Å². The zero-order valence-corrected chi connectivity index (χ0v) is 19.2. The van der Waals surface area contributed by atoms with Gasteiger partial charge in [-0.2, -0.15) is 0 Å². The van der Waals surface area contributed by atoms with Gasteiger partial charge in [-0.05, 0) is 52.0 Å². The first-order valence-electron chi connectivity index (χ1n) is 10.2. The van der Waals surface area contributed by atoms with Crippen LogP contribution in [-0.2, 0) is 18.9 Å². The molecule has 10 heteroatoms. The van der Waals surface area contributed by atoms with E-state index < -0.39 is 42.8 Å². The van der Waals surface area contributed by atoms with E-state index in [1.54, 1.807) is 24.3 Å². The molecule has 7 nitrogen and oxygen atoms in total. The highest BCUT2D eigenvalue weighted by Gasteiger charge is 2.46. The van der Waals surface area contributed by atoms with Crippen molar-refractivity contribution >= 4 is 40.8 Å². The Morgan fingerprint density at radius 2 is 1.91 bits per heavy atom. The van der Waals surface area contributed by atoms with Crippen LogP contribution in [0.3, 0.4) is 0 Å². The molecule has 0 spiro atoms. The Kier molecular flexibility index (Phi) is 8.03. The Morgan fingerprint density at radius 1 is 1.19 bits per heavy atom. The second kappa shape index (κ2) is 10.7. The highest BCUT2D eigenvalue weighted by molar-refractivity contribution is 9.10. The third-order valence-corrected chi connectivity index (χ3v) is 5.49. The molecule has 1 fully saturated rings. The third kappa shape index (κ3) is 6.17. The summed E-state index contributed by atoms with van der Waals surface area (Å²) in [5, 5.41) is 5.24. The number of carbonyl (C=O) groups excluding carboxylic acids is 3. The summed E-state index contributed by atoms with van der Waals surface area (Å²) < 4.78 is 25.1. The van der Waals surface area contributed by atoms with Crippen LogP contribution in [0.4, 0.5) is 4.39 Å². The predicted octanol–water partition coefficient (Wildman–Crippen LogP) is 3.19. The molecule has 1 heterocycles. The Bertz CT molecular complexity index is 992. The lowest BCUT2D eigenvalue weighted by atomic mass is 9.74. The standard InChI is InChI=1S/C22H23BBrFN2O5/c1-13(2)10-18(23-31-20(22(30)32-23)14-6-4-3-5-7-14)27-19(28)12-26-21(29)16-11-15(25)8-9-17(16)24/h3-9,11,13,18,20H,10,12H2,1-2H3,(H,26,29)(H,27,28)/t18-,20?/m0/s1. The number of nitrogens with one attached hydrogen (secondary N) is 2. The summed E-state index contributed by atoms with van der Waals surface area (Å²) in [6, 6.07) is 12.7. The van der Waals surface area contributed by atoms with Crippen molar-refractivity contribution < 1.29 is 28.1 Å². The minimum atomic E-state index is -0.952. The first kappa shape index (κ1) is 23.9. The van der Waals surface area contributed by atoms with Gasteiger partial charge in [0.15, 0.2) is 6.10 Å². The van der Waals surface area contributed by atoms with Crippen LogP contribution < -0.4 is 10.6 Å². The van der Waals surface area contributed by atoms with Gasteiger partial charge in [-0.25, -0.2) is 4.39 Å². The second-order valence-electron chi connectivity index (χ2n) is 7.84. The number of halogens is 2. The molecule has 2 amide bonds. The molecule has 2 aromatic rings. The monoisotopic (exact) mass is 504 g/mol. The second-order valence-corrected chi connectivity index (χ2v) is 8.70. The van der Waals surface area contributed by atoms with Crippen molar-refractivity contribution in [2.75, 3.05) is 6.54 Å². The highest BCUT2D eigenvalue weighted by Crippen LogP contribution is 2.28. The van der Waals surface area contributed by atoms with Gasteiger partial charge in [0.2, 0.25) is 5.91 Å². The van der Waals surface area contributed by atoms with Crippen LogP contribution in [0, 0.1) is 11.7 Å². The van der Waals surface area contributed by atoms with Crippen LogP contribution in [0.1, 0.15) is 42.3 Å². The van der Waals surface area contributed by atoms with E-state index in [-0.39, 0.29) is 18.0 Å². The Morgan fingerprint density at radius 3 is 2.59 bits per heavy atom. The van der Waals surface area contributed by atoms with Crippen molar-refractivity contribution in [3.8, 4) is 0 Å². The summed E-state index contributed by atoms with van der Waals surface area (Å²) in [6.07, 6.45) is -0.369. The van der Waals surface area contributed by atoms with Crippen molar-refractivity contribution in [2.45, 2.75) is 32.3 Å². The van der Waals surface area contributed by atoms with Crippen LogP contribution in [-0.4, -0.2) is 37.4 Å². The normalized spacial score (nSPS) is 16.6. The molecule has 2 N–H and O–H groups in total. The van der Waals surface area contributed by atoms with E-state index in [2.05, 4.69) is 26.6 Å². The smallest absolute Gasteiger partial charge is 0.506 e. The molecule has 2 atom stereocenters. The van der Waals surface area contributed by atoms with E-state index in [0.29, 0.717) is 16.5 Å². The summed E-state index contributed by atoms with van der Waals surface area (Å²) >= 11 is 3.19. The summed E-state index contributed by atoms with van der Waals surface area (Å²) in [6.45, 7) is 3.60. The Labute approximate surface area is 194 Å². The van der Waals surface area contributed by atoms with E-state index in [0.717, 1.165) is 6.07 Å². The Balaban J connectivity index is 1.61. The number of carbonyl (C=O) groups is 3. The number of rotatable bonds is 8. The molecule has 0 saturated carbocycles. The van der Waals surface area contributed by atoms with Crippen molar-refractivity contribution in [3.05, 3.63) is 69.9 Å². The van der Waals surface area contributed by atoms with Crippen LogP contribution in [0.25, 0.3) is 0 Å². The fourth-order valence-electron chi connectivity index (χ4n) is 3.34. The summed E-state index contributed by atoms with van der Waals surface area (Å²) in [5.41, 5.74) is 0.748. The highest BCUT2D eigenvalue weighted by atomic mass is 79.9. The van der Waals surface area contributed by atoms with Crippen LogP contribution in [0.2, 0.25) is 0 Å². The molecule has 0 radical (unpaired) electrons. The molecule has 2 aromatic carbocycles. The van der Waals surface area contributed by atoms with Gasteiger partial charge in [-0.3, -0.25) is 14.4 Å². The maximum absolute atomic E-state index is 13.4. The molecular formula is C22H23BBrFN2O5. The van der Waals surface area contributed by atoms with Gasteiger partial charge < -0.3 is 19.9 Å². The number of hydrogen-bond donors (Lipinski definition) is 2. The molecule has 0 aliphatic carbocycles. The largest absolute Gasteiger partial charge is 0.552 e. The quantitative estimate of drug-likeness (QED) is 0.538. The molecule has 32 heavy (non-hydrogen) atoms. The molecule has 1 aliphatic heterocycles. The molecule has 168 valence electrons. The van der Waals surface area contributed by atoms with E-state index in [1.807, 2.05) is 19.9 Å². The lowest BCUT2D eigenvalue weighted by molar-refractivity contribution is -0.136. The zero-order chi connectivity index (χ0) is 23.3. The maximum Gasteiger partial charge on any atom is 0.552 e. The number of benzene rings is 2. The lowest BCUT2D eigenvalue weighted by Gasteiger charge is -2.21. The van der Waals surface area contributed by atoms with Crippen LogP contribution >= 0.6 is 15.9 Å². The minimum absolute atomic E-state index is 0.0790. The zero-order valence-electron chi connectivity index (χ0n) is 17.6. The molecule has 0 aromatic heterocycles. The Hall–Kier alpha value is -2.72. The van der Waals surface area contributed by atoms with Crippen molar-refractivity contribution in [2.24, 2.45) is 5.92 Å². The van der Waals surface area contributed by atoms with Crippen LogP contribution in [0.15, 0.2) is 53.0 Å². The van der Waals surface area contributed by atoms with Crippen molar-refractivity contribution in [1.82, 2.24) is 10.6 Å². The van der Waals surface area contributed by atoms with Gasteiger partial charge in [0.25, 0.3) is 5.91 Å². The van der Waals surface area contributed by atoms with Gasteiger partial charge >= 0.3 is 13.1 Å².